The third-order valence-corrected chi connectivity index (χ3v) is 4.81. The molecule has 1 saturated heterocycles. The van der Waals surface area contributed by atoms with E-state index < -0.39 is 5.82 Å². The van der Waals surface area contributed by atoms with E-state index in [1.165, 1.54) is 12.3 Å². The Labute approximate surface area is 162 Å². The summed E-state index contributed by atoms with van der Waals surface area (Å²) < 4.78 is 13.4. The number of rotatable bonds is 5. The summed E-state index contributed by atoms with van der Waals surface area (Å²) in [6, 6.07) is 4.98. The number of pyridine rings is 2. The van der Waals surface area contributed by atoms with E-state index in [-0.39, 0.29) is 29.7 Å². The van der Waals surface area contributed by atoms with Crippen LogP contribution in [0.25, 0.3) is 0 Å². The fraction of sp³-hybridized carbons (Fsp3) is 0.368. The fourth-order valence-corrected chi connectivity index (χ4v) is 3.14. The number of hydrogen-bond acceptors (Lipinski definition) is 5. The molecule has 1 aliphatic rings. The third-order valence-electron chi connectivity index (χ3n) is 4.53. The van der Waals surface area contributed by atoms with Gasteiger partial charge in [0, 0.05) is 57.8 Å². The standard InChI is InChI=1S/C19H20ClFN4O2/c1-13(26)24-4-6-25(7-5-24)16-3-2-15(22-12-16)10-17(27)8-14-9-18(21)19(20)23-11-14/h2-3,9,11-12H,4-8,10H2,1H3. The van der Waals surface area contributed by atoms with Crippen LogP contribution >= 0.6 is 11.6 Å². The van der Waals surface area contributed by atoms with Crippen LogP contribution < -0.4 is 4.90 Å². The lowest BCUT2D eigenvalue weighted by molar-refractivity contribution is -0.129. The van der Waals surface area contributed by atoms with Gasteiger partial charge in [-0.15, -0.1) is 0 Å². The van der Waals surface area contributed by atoms with Crippen LogP contribution in [-0.2, 0) is 22.4 Å². The van der Waals surface area contributed by atoms with Gasteiger partial charge in [0.1, 0.15) is 5.78 Å². The van der Waals surface area contributed by atoms with Gasteiger partial charge in [-0.25, -0.2) is 9.37 Å². The molecule has 0 radical (unpaired) electrons. The second-order valence-electron chi connectivity index (χ2n) is 6.51. The number of halogens is 2. The molecule has 2 aromatic heterocycles. The summed E-state index contributed by atoms with van der Waals surface area (Å²) in [5.41, 5.74) is 2.12. The van der Waals surface area contributed by atoms with Gasteiger partial charge < -0.3 is 9.80 Å². The molecule has 0 atom stereocenters. The lowest BCUT2D eigenvalue weighted by Crippen LogP contribution is -2.48. The van der Waals surface area contributed by atoms with Crippen LogP contribution in [0.1, 0.15) is 18.2 Å². The van der Waals surface area contributed by atoms with E-state index in [0.29, 0.717) is 24.3 Å². The molecule has 1 amide bonds. The minimum Gasteiger partial charge on any atom is -0.367 e. The molecule has 8 heteroatoms. The predicted molar refractivity (Wildman–Crippen MR) is 100 cm³/mol. The summed E-state index contributed by atoms with van der Waals surface area (Å²) in [6.45, 7) is 4.49. The van der Waals surface area contributed by atoms with Crippen molar-refractivity contribution in [2.45, 2.75) is 19.8 Å². The Bertz CT molecular complexity index is 836. The molecule has 0 spiro atoms. The first-order valence-electron chi connectivity index (χ1n) is 8.69. The van der Waals surface area contributed by atoms with E-state index >= 15 is 0 Å². The van der Waals surface area contributed by atoms with Crippen LogP contribution in [-0.4, -0.2) is 52.7 Å². The lowest BCUT2D eigenvalue weighted by atomic mass is 10.1. The van der Waals surface area contributed by atoms with E-state index in [4.69, 9.17) is 11.6 Å². The summed E-state index contributed by atoms with van der Waals surface area (Å²) in [6.07, 6.45) is 3.40. The number of hydrogen-bond donors (Lipinski definition) is 0. The van der Waals surface area contributed by atoms with E-state index in [1.54, 1.807) is 13.1 Å². The number of nitrogens with zero attached hydrogens (tertiary/aromatic N) is 4. The quantitative estimate of drug-likeness (QED) is 0.733. The SMILES string of the molecule is CC(=O)N1CCN(c2ccc(CC(=O)Cc3cnc(Cl)c(F)c3)nc2)CC1. The smallest absolute Gasteiger partial charge is 0.219 e. The average Bonchev–Trinajstić information content (AvgIpc) is 2.65. The molecular formula is C19H20ClFN4O2. The zero-order chi connectivity index (χ0) is 19.4. The molecule has 0 bridgehead atoms. The van der Waals surface area contributed by atoms with E-state index in [1.807, 2.05) is 17.0 Å². The van der Waals surface area contributed by atoms with Crippen LogP contribution in [0.15, 0.2) is 30.6 Å². The molecule has 3 rings (SSSR count). The molecule has 27 heavy (non-hydrogen) atoms. The molecule has 1 fully saturated rings. The highest BCUT2D eigenvalue weighted by molar-refractivity contribution is 6.29. The molecule has 2 aromatic rings. The largest absolute Gasteiger partial charge is 0.367 e. The van der Waals surface area contributed by atoms with Gasteiger partial charge in [0.15, 0.2) is 11.0 Å². The Hall–Kier alpha value is -2.54. The molecule has 6 nitrogen and oxygen atoms in total. The minimum absolute atomic E-state index is 0.0751. The van der Waals surface area contributed by atoms with Gasteiger partial charge in [-0.3, -0.25) is 14.6 Å². The topological polar surface area (TPSA) is 66.4 Å². The van der Waals surface area contributed by atoms with Crippen LogP contribution in [0.4, 0.5) is 10.1 Å². The number of Topliss-reactive ketones (excluding diaryl/α,β-unsaturated/α-hetero) is 1. The van der Waals surface area contributed by atoms with Crippen molar-refractivity contribution < 1.29 is 14.0 Å². The molecule has 0 saturated carbocycles. The van der Waals surface area contributed by atoms with Crippen molar-refractivity contribution in [1.82, 2.24) is 14.9 Å². The van der Waals surface area contributed by atoms with E-state index in [2.05, 4.69) is 14.9 Å². The Morgan fingerprint density at radius 1 is 1.11 bits per heavy atom. The van der Waals surface area contributed by atoms with E-state index in [0.717, 1.165) is 18.8 Å². The van der Waals surface area contributed by atoms with Crippen molar-refractivity contribution in [2.75, 3.05) is 31.1 Å². The Balaban J connectivity index is 1.55. The number of piperazine rings is 1. The van der Waals surface area contributed by atoms with Gasteiger partial charge in [0.05, 0.1) is 11.9 Å². The maximum atomic E-state index is 13.4. The van der Waals surface area contributed by atoms with Crippen molar-refractivity contribution in [3.8, 4) is 0 Å². The number of carbonyl (C=O) groups excluding carboxylic acids is 2. The van der Waals surface area contributed by atoms with Crippen LogP contribution in [0.2, 0.25) is 5.15 Å². The lowest BCUT2D eigenvalue weighted by Gasteiger charge is -2.35. The monoisotopic (exact) mass is 390 g/mol. The van der Waals surface area contributed by atoms with Crippen LogP contribution in [0.5, 0.6) is 0 Å². The number of ketones is 1. The Morgan fingerprint density at radius 2 is 1.85 bits per heavy atom. The summed E-state index contributed by atoms with van der Waals surface area (Å²) >= 11 is 5.54. The van der Waals surface area contributed by atoms with Crippen LogP contribution in [0.3, 0.4) is 0 Å². The van der Waals surface area contributed by atoms with Crippen LogP contribution in [0, 0.1) is 5.82 Å². The zero-order valence-electron chi connectivity index (χ0n) is 15.0. The number of anilines is 1. The van der Waals surface area contributed by atoms with Crippen molar-refractivity contribution >= 4 is 29.0 Å². The van der Waals surface area contributed by atoms with Gasteiger partial charge >= 0.3 is 0 Å². The normalized spacial score (nSPS) is 14.3. The average molecular weight is 391 g/mol. The first-order valence-corrected chi connectivity index (χ1v) is 9.07. The van der Waals surface area contributed by atoms with Gasteiger partial charge in [0.2, 0.25) is 5.91 Å². The highest BCUT2D eigenvalue weighted by Gasteiger charge is 2.19. The molecule has 0 unspecified atom stereocenters. The zero-order valence-corrected chi connectivity index (χ0v) is 15.7. The fourth-order valence-electron chi connectivity index (χ4n) is 3.04. The minimum atomic E-state index is -0.630. The first-order chi connectivity index (χ1) is 12.9. The summed E-state index contributed by atoms with van der Waals surface area (Å²) in [5.74, 6) is -0.611. The summed E-state index contributed by atoms with van der Waals surface area (Å²) in [5, 5.41) is -0.201. The number of amides is 1. The maximum Gasteiger partial charge on any atom is 0.219 e. The third kappa shape index (κ3) is 5.01. The Morgan fingerprint density at radius 3 is 2.44 bits per heavy atom. The van der Waals surface area contributed by atoms with Gasteiger partial charge in [-0.2, -0.15) is 0 Å². The molecule has 3 heterocycles. The molecule has 142 valence electrons. The second kappa shape index (κ2) is 8.43. The van der Waals surface area contributed by atoms with Crippen molar-refractivity contribution in [2.24, 2.45) is 0 Å². The molecular weight excluding hydrogens is 371 g/mol. The number of aromatic nitrogens is 2. The Kier molecular flexibility index (Phi) is 6.01. The van der Waals surface area contributed by atoms with Gasteiger partial charge in [-0.1, -0.05) is 11.6 Å². The van der Waals surface area contributed by atoms with Gasteiger partial charge in [0.25, 0.3) is 0 Å². The molecule has 0 N–H and O–H groups in total. The summed E-state index contributed by atoms with van der Waals surface area (Å²) in [4.78, 5) is 35.7. The molecule has 1 aliphatic heterocycles. The first kappa shape index (κ1) is 19.2. The van der Waals surface area contributed by atoms with Gasteiger partial charge in [-0.05, 0) is 23.8 Å². The maximum absolute atomic E-state index is 13.4. The highest BCUT2D eigenvalue weighted by atomic mass is 35.5. The molecule has 0 aromatic carbocycles. The summed E-state index contributed by atoms with van der Waals surface area (Å²) in [7, 11) is 0. The molecule has 0 aliphatic carbocycles. The van der Waals surface area contributed by atoms with E-state index in [9.17, 15) is 14.0 Å². The second-order valence-corrected chi connectivity index (χ2v) is 6.87. The van der Waals surface area contributed by atoms with Crippen molar-refractivity contribution in [3.63, 3.8) is 0 Å². The predicted octanol–water partition coefficient (Wildman–Crippen LogP) is 2.29. The number of carbonyl (C=O) groups is 2. The highest BCUT2D eigenvalue weighted by Crippen LogP contribution is 2.17. The van der Waals surface area contributed by atoms with Crippen molar-refractivity contribution in [1.29, 1.82) is 0 Å². The van der Waals surface area contributed by atoms with Crippen molar-refractivity contribution in [3.05, 3.63) is 52.8 Å².